The molecular formula is C61H76N2. The van der Waals surface area contributed by atoms with Crippen LogP contribution in [-0.4, -0.2) is 0 Å². The smallest absolute Gasteiger partial charge is 0.0534 e. The van der Waals surface area contributed by atoms with Crippen molar-refractivity contribution in [3.05, 3.63) is 209 Å². The number of hydrogen-bond acceptors (Lipinski definition) is 2. The molecule has 2 aliphatic carbocycles. The van der Waals surface area contributed by atoms with Crippen LogP contribution in [0.2, 0.25) is 0 Å². The molecule has 2 aliphatic rings. The number of anilines is 3. The lowest BCUT2D eigenvalue weighted by Crippen LogP contribution is -2.33. The van der Waals surface area contributed by atoms with Gasteiger partial charge in [-0.05, 0) is 162 Å². The molecule has 330 valence electrons. The van der Waals surface area contributed by atoms with E-state index in [1.54, 1.807) is 0 Å². The fourth-order valence-electron chi connectivity index (χ4n) is 9.99. The van der Waals surface area contributed by atoms with E-state index in [1.165, 1.54) is 27.8 Å². The minimum Gasteiger partial charge on any atom is -0.314 e. The zero-order valence-corrected chi connectivity index (χ0v) is 41.4. The predicted octanol–water partition coefficient (Wildman–Crippen LogP) is 17.9. The fraction of sp³-hybridized carbons (Fsp3) is 0.344. The van der Waals surface area contributed by atoms with Crippen molar-refractivity contribution >= 4 is 28.7 Å². The summed E-state index contributed by atoms with van der Waals surface area (Å²) in [5, 5.41) is 0. The number of aryl methyl sites for hydroxylation is 2. The van der Waals surface area contributed by atoms with E-state index in [0.29, 0.717) is 0 Å². The van der Waals surface area contributed by atoms with Crippen LogP contribution in [0.3, 0.4) is 0 Å². The first-order valence-electron chi connectivity index (χ1n) is 22.9. The summed E-state index contributed by atoms with van der Waals surface area (Å²) in [5.41, 5.74) is 17.5. The molecule has 0 radical (unpaired) electrons. The second-order valence-corrected chi connectivity index (χ2v) is 20.4. The van der Waals surface area contributed by atoms with E-state index in [-0.39, 0.29) is 16.2 Å². The van der Waals surface area contributed by atoms with Gasteiger partial charge in [-0.3, -0.25) is 0 Å². The number of allylic oxidation sites excluding steroid dienone is 14. The Balaban J connectivity index is 1.94. The Morgan fingerprint density at radius 1 is 0.778 bits per heavy atom. The molecule has 0 unspecified atom stereocenters. The molecule has 0 saturated heterocycles. The largest absolute Gasteiger partial charge is 0.314 e. The maximum atomic E-state index is 5.01. The van der Waals surface area contributed by atoms with E-state index in [1.807, 2.05) is 12.2 Å². The Morgan fingerprint density at radius 2 is 1.44 bits per heavy atom. The monoisotopic (exact) mass is 837 g/mol. The van der Waals surface area contributed by atoms with E-state index in [2.05, 4.69) is 229 Å². The van der Waals surface area contributed by atoms with E-state index >= 15 is 0 Å². The van der Waals surface area contributed by atoms with Crippen LogP contribution in [0.5, 0.6) is 0 Å². The van der Waals surface area contributed by atoms with Gasteiger partial charge in [0.05, 0.1) is 17.1 Å². The quantitative estimate of drug-likeness (QED) is 0.149. The van der Waals surface area contributed by atoms with Crippen molar-refractivity contribution in [2.75, 3.05) is 9.80 Å². The van der Waals surface area contributed by atoms with Crippen LogP contribution in [0.4, 0.5) is 17.1 Å². The molecule has 0 bridgehead atoms. The van der Waals surface area contributed by atoms with Gasteiger partial charge in [-0.25, -0.2) is 0 Å². The average Bonchev–Trinajstić information content (AvgIpc) is 3.41. The Labute approximate surface area is 383 Å². The van der Waals surface area contributed by atoms with Crippen molar-refractivity contribution in [1.29, 1.82) is 0 Å². The maximum Gasteiger partial charge on any atom is 0.0534 e. The molecular weight excluding hydrogens is 761 g/mol. The first-order valence-corrected chi connectivity index (χ1v) is 22.9. The van der Waals surface area contributed by atoms with E-state index < -0.39 is 5.41 Å². The highest BCUT2D eigenvalue weighted by molar-refractivity contribution is 5.92. The minimum atomic E-state index is -0.395. The van der Waals surface area contributed by atoms with Crippen molar-refractivity contribution in [3.63, 3.8) is 0 Å². The zero-order valence-electron chi connectivity index (χ0n) is 41.4. The third kappa shape index (κ3) is 9.97. The summed E-state index contributed by atoms with van der Waals surface area (Å²) in [5.74, 6) is 0. The van der Waals surface area contributed by atoms with Crippen LogP contribution >= 0.6 is 0 Å². The average molecular weight is 837 g/mol. The van der Waals surface area contributed by atoms with Crippen molar-refractivity contribution in [3.8, 4) is 0 Å². The molecule has 63 heavy (non-hydrogen) atoms. The second kappa shape index (κ2) is 19.0. The van der Waals surface area contributed by atoms with Gasteiger partial charge in [0.2, 0.25) is 0 Å². The molecule has 2 nitrogen and oxygen atoms in total. The lowest BCUT2D eigenvalue weighted by Gasteiger charge is -2.41. The lowest BCUT2D eigenvalue weighted by molar-refractivity contribution is 0.338. The zero-order chi connectivity index (χ0) is 46.7. The molecule has 1 saturated carbocycles. The third-order valence-electron chi connectivity index (χ3n) is 13.2. The van der Waals surface area contributed by atoms with Crippen molar-refractivity contribution in [2.45, 2.75) is 122 Å². The Kier molecular flexibility index (Phi) is 14.6. The highest BCUT2D eigenvalue weighted by atomic mass is 15.2. The lowest BCUT2D eigenvalue weighted by atomic mass is 9.77. The Morgan fingerprint density at radius 3 is 2.05 bits per heavy atom. The van der Waals surface area contributed by atoms with E-state index in [9.17, 15) is 0 Å². The Hall–Kier alpha value is -5.60. The first kappa shape index (κ1) is 48.4. The first-order chi connectivity index (χ1) is 29.5. The molecule has 0 spiro atoms. The second-order valence-electron chi connectivity index (χ2n) is 20.4. The summed E-state index contributed by atoms with van der Waals surface area (Å²) < 4.78 is 0. The van der Waals surface area contributed by atoms with Gasteiger partial charge >= 0.3 is 0 Å². The topological polar surface area (TPSA) is 6.48 Å². The summed E-state index contributed by atoms with van der Waals surface area (Å²) in [6.45, 7) is 50.4. The van der Waals surface area contributed by atoms with Gasteiger partial charge < -0.3 is 9.80 Å². The summed E-state index contributed by atoms with van der Waals surface area (Å²) in [7, 11) is 0. The third-order valence-corrected chi connectivity index (χ3v) is 13.2. The summed E-state index contributed by atoms with van der Waals surface area (Å²) in [6, 6.07) is 20.0. The standard InChI is InChI=1S/C61H76N2/c1-19-23-34-53(45(8)50-33-28-27-30-47(50)21-3)63(54-40-49(58(10,11)12)36-35-43(54)6)56-38-42(5)37-55(46(56)9)62(57(29-20-2)61(17,18)48-31-25-24-26-32-48)44(7)39-52-51(22-4)59(13,14)41-60(52,15)16/h19-23,25,27-40H,2-3,7-8,24,26,41H2,1,4-6,9-18H3/b23-19-,51-22+,52-39?,53-34+,57-29+. The molecule has 3 aromatic rings. The molecule has 0 amide bonds. The normalized spacial score (nSPS) is 17.9. The van der Waals surface area contributed by atoms with E-state index in [0.717, 1.165) is 81.2 Å². The summed E-state index contributed by atoms with van der Waals surface area (Å²) >= 11 is 0. The molecule has 5 rings (SSSR count). The number of rotatable bonds is 14. The molecule has 0 heterocycles. The number of hydrogen-bond donors (Lipinski definition) is 0. The van der Waals surface area contributed by atoms with Gasteiger partial charge in [0, 0.05) is 22.5 Å². The molecule has 0 N–H and O–H groups in total. The van der Waals surface area contributed by atoms with Crippen molar-refractivity contribution in [2.24, 2.45) is 16.2 Å². The van der Waals surface area contributed by atoms with Crippen molar-refractivity contribution < 1.29 is 0 Å². The van der Waals surface area contributed by atoms with Crippen LogP contribution < -0.4 is 9.80 Å². The number of nitrogens with zero attached hydrogens (tertiary/aromatic N) is 2. The Bertz CT molecular complexity index is 2500. The maximum absolute atomic E-state index is 5.01. The molecule has 0 atom stereocenters. The van der Waals surface area contributed by atoms with E-state index in [4.69, 9.17) is 13.2 Å². The van der Waals surface area contributed by atoms with Crippen LogP contribution in [0, 0.1) is 37.0 Å². The fourth-order valence-corrected chi connectivity index (χ4v) is 9.99. The van der Waals surface area contributed by atoms with Gasteiger partial charge in [-0.1, -0.05) is 174 Å². The van der Waals surface area contributed by atoms with Gasteiger partial charge in [0.1, 0.15) is 0 Å². The SMILES string of the molecule is C=C/C=C(/N(C(=C)C=C1/C(=C\C)C(C)(C)CC1(C)C)c1cc(C)cc(N(/C(=C/C=C\C)C(=C)c2ccccc2C=C)c2cc(C(C)(C)C)ccc2C)c1C)C(C)(C)C1=CCCC=C1. The van der Waals surface area contributed by atoms with Crippen LogP contribution in [0.1, 0.15) is 129 Å². The van der Waals surface area contributed by atoms with Gasteiger partial charge in [0.25, 0.3) is 0 Å². The summed E-state index contributed by atoms with van der Waals surface area (Å²) in [6.07, 6.45) is 27.4. The van der Waals surface area contributed by atoms with Crippen LogP contribution in [-0.2, 0) is 5.41 Å². The molecule has 2 heteroatoms. The highest BCUT2D eigenvalue weighted by Gasteiger charge is 2.45. The molecule has 3 aromatic carbocycles. The van der Waals surface area contributed by atoms with Crippen molar-refractivity contribution in [1.82, 2.24) is 0 Å². The van der Waals surface area contributed by atoms with Gasteiger partial charge in [-0.15, -0.1) is 0 Å². The predicted molar refractivity (Wildman–Crippen MR) is 281 cm³/mol. The van der Waals surface area contributed by atoms with Crippen LogP contribution in [0.15, 0.2) is 175 Å². The molecule has 0 aliphatic heterocycles. The minimum absolute atomic E-state index is 0.0415. The molecule has 0 aromatic heterocycles. The highest BCUT2D eigenvalue weighted by Crippen LogP contribution is 2.57. The number of benzene rings is 3. The molecule has 1 fully saturated rings. The van der Waals surface area contributed by atoms with Gasteiger partial charge in [0.15, 0.2) is 0 Å². The van der Waals surface area contributed by atoms with Gasteiger partial charge in [-0.2, -0.15) is 0 Å². The van der Waals surface area contributed by atoms with Crippen LogP contribution in [0.25, 0.3) is 11.6 Å². The summed E-state index contributed by atoms with van der Waals surface area (Å²) in [4.78, 5) is 4.89.